The van der Waals surface area contributed by atoms with E-state index in [2.05, 4.69) is 15.6 Å². The summed E-state index contributed by atoms with van der Waals surface area (Å²) in [6.07, 6.45) is 1.35. The average Bonchev–Trinajstić information content (AvgIpc) is 3.16. The minimum Gasteiger partial charge on any atom is -0.459 e. The van der Waals surface area contributed by atoms with Crippen LogP contribution in [0.4, 0.5) is 5.82 Å². The van der Waals surface area contributed by atoms with E-state index in [1.807, 2.05) is 0 Å². The van der Waals surface area contributed by atoms with Gasteiger partial charge in [0, 0.05) is 0 Å². The smallest absolute Gasteiger partial charge is 0.329 e. The second kappa shape index (κ2) is 9.57. The van der Waals surface area contributed by atoms with Crippen LogP contribution in [0.2, 0.25) is 10.0 Å². The summed E-state index contributed by atoms with van der Waals surface area (Å²) in [7, 11) is 0. The van der Waals surface area contributed by atoms with E-state index in [1.54, 1.807) is 26.8 Å². The van der Waals surface area contributed by atoms with Gasteiger partial charge in [0.2, 0.25) is 0 Å². The number of pyridine rings is 1. The van der Waals surface area contributed by atoms with Crippen LogP contribution in [0, 0.1) is 12.8 Å². The number of halogens is 2. The number of nitrogens with zero attached hydrogens (tertiary/aromatic N) is 1. The van der Waals surface area contributed by atoms with Crippen LogP contribution in [-0.4, -0.2) is 35.4 Å². The quantitative estimate of drug-likeness (QED) is 0.656. The molecule has 2 aromatic rings. The van der Waals surface area contributed by atoms with Crippen LogP contribution in [0.15, 0.2) is 28.9 Å². The third kappa shape index (κ3) is 5.71. The van der Waals surface area contributed by atoms with Gasteiger partial charge in [0.25, 0.3) is 11.8 Å². The highest BCUT2D eigenvalue weighted by Gasteiger charge is 2.27. The van der Waals surface area contributed by atoms with Crippen molar-refractivity contribution in [3.8, 4) is 0 Å². The third-order valence-electron chi connectivity index (χ3n) is 3.66. The molecular weight excluding hydrogens is 409 g/mol. The number of aromatic nitrogens is 1. The summed E-state index contributed by atoms with van der Waals surface area (Å²) in [5, 5.41) is 5.49. The molecule has 1 atom stereocenters. The van der Waals surface area contributed by atoms with Gasteiger partial charge in [-0.1, -0.05) is 37.0 Å². The fourth-order valence-electron chi connectivity index (χ4n) is 2.16. The number of amides is 2. The van der Waals surface area contributed by atoms with E-state index in [0.717, 1.165) is 0 Å². The predicted molar refractivity (Wildman–Crippen MR) is 103 cm³/mol. The third-order valence-corrected chi connectivity index (χ3v) is 4.33. The van der Waals surface area contributed by atoms with E-state index in [0.29, 0.717) is 10.7 Å². The van der Waals surface area contributed by atoms with Crippen molar-refractivity contribution in [2.45, 2.75) is 26.8 Å². The maximum Gasteiger partial charge on any atom is 0.329 e. The topological polar surface area (TPSA) is 111 Å². The van der Waals surface area contributed by atoms with Crippen LogP contribution < -0.4 is 10.6 Å². The van der Waals surface area contributed by atoms with Crippen molar-refractivity contribution in [3.63, 3.8) is 0 Å². The van der Waals surface area contributed by atoms with Crippen molar-refractivity contribution >= 4 is 46.8 Å². The van der Waals surface area contributed by atoms with Gasteiger partial charge >= 0.3 is 5.97 Å². The van der Waals surface area contributed by atoms with Crippen LogP contribution in [0.5, 0.6) is 0 Å². The zero-order valence-corrected chi connectivity index (χ0v) is 16.9. The number of esters is 1. The molecule has 2 rings (SSSR count). The molecule has 2 aromatic heterocycles. The maximum atomic E-state index is 12.3. The number of anilines is 1. The lowest BCUT2D eigenvalue weighted by Crippen LogP contribution is -2.45. The Hall–Kier alpha value is -2.58. The summed E-state index contributed by atoms with van der Waals surface area (Å²) in [6.45, 7) is 4.55. The second-order valence-electron chi connectivity index (χ2n) is 6.21. The normalized spacial score (nSPS) is 11.8. The van der Waals surface area contributed by atoms with E-state index in [1.165, 1.54) is 18.4 Å². The maximum absolute atomic E-state index is 12.3. The molecule has 0 aromatic carbocycles. The first kappa shape index (κ1) is 21.7. The lowest BCUT2D eigenvalue weighted by molar-refractivity contribution is -0.150. The molecule has 2 heterocycles. The molecule has 0 aliphatic carbocycles. The fourth-order valence-corrected chi connectivity index (χ4v) is 2.56. The van der Waals surface area contributed by atoms with Gasteiger partial charge in [0.15, 0.2) is 18.2 Å². The predicted octanol–water partition coefficient (Wildman–Crippen LogP) is 3.23. The number of hydrogen-bond acceptors (Lipinski definition) is 6. The number of aryl methyl sites for hydroxylation is 1. The van der Waals surface area contributed by atoms with Crippen molar-refractivity contribution in [2.75, 3.05) is 11.9 Å². The Kier molecular flexibility index (Phi) is 7.42. The lowest BCUT2D eigenvalue weighted by atomic mass is 10.0. The minimum absolute atomic E-state index is 0.0648. The minimum atomic E-state index is -0.954. The molecule has 150 valence electrons. The Bertz CT molecular complexity index is 868. The SMILES string of the molecule is Cc1nc(NC(=O)COC(=O)[C@H](NC(=O)c2ccco2)C(C)C)c(Cl)cc1Cl. The number of furan rings is 1. The Labute approximate surface area is 171 Å². The number of hydrogen-bond donors (Lipinski definition) is 2. The highest BCUT2D eigenvalue weighted by Crippen LogP contribution is 2.25. The van der Waals surface area contributed by atoms with E-state index in [4.69, 9.17) is 32.4 Å². The zero-order chi connectivity index (χ0) is 20.8. The number of ether oxygens (including phenoxy) is 1. The highest BCUT2D eigenvalue weighted by atomic mass is 35.5. The Morgan fingerprint density at radius 2 is 1.96 bits per heavy atom. The van der Waals surface area contributed by atoms with Gasteiger partial charge < -0.3 is 19.8 Å². The van der Waals surface area contributed by atoms with E-state index >= 15 is 0 Å². The molecule has 0 aliphatic heterocycles. The van der Waals surface area contributed by atoms with Crippen LogP contribution in [0.25, 0.3) is 0 Å². The Balaban J connectivity index is 1.94. The fraction of sp³-hybridized carbons (Fsp3) is 0.333. The number of carbonyl (C=O) groups excluding carboxylic acids is 3. The standard InChI is InChI=1S/C18H19Cl2N3O5/c1-9(2)15(23-17(25)13-5-4-6-27-13)18(26)28-8-14(24)22-16-12(20)7-11(19)10(3)21-16/h4-7,9,15H,8H2,1-3H3,(H,23,25)(H,21,22,24)/t15-/m1/s1. The van der Waals surface area contributed by atoms with Crippen molar-refractivity contribution in [3.05, 3.63) is 46.0 Å². The first-order valence-electron chi connectivity index (χ1n) is 8.32. The van der Waals surface area contributed by atoms with Gasteiger partial charge in [-0.15, -0.1) is 0 Å². The van der Waals surface area contributed by atoms with Gasteiger partial charge in [-0.05, 0) is 31.0 Å². The molecule has 2 amide bonds. The van der Waals surface area contributed by atoms with Crippen molar-refractivity contribution in [1.29, 1.82) is 0 Å². The Morgan fingerprint density at radius 3 is 2.57 bits per heavy atom. The van der Waals surface area contributed by atoms with E-state index < -0.39 is 30.4 Å². The first-order valence-corrected chi connectivity index (χ1v) is 9.08. The molecule has 10 heteroatoms. The molecule has 0 radical (unpaired) electrons. The monoisotopic (exact) mass is 427 g/mol. The summed E-state index contributed by atoms with van der Waals surface area (Å²) in [5.41, 5.74) is 0.485. The summed E-state index contributed by atoms with van der Waals surface area (Å²) in [6, 6.07) is 3.52. The van der Waals surface area contributed by atoms with Gasteiger partial charge in [0.1, 0.15) is 6.04 Å². The largest absolute Gasteiger partial charge is 0.459 e. The molecule has 0 saturated carbocycles. The lowest BCUT2D eigenvalue weighted by Gasteiger charge is -2.20. The van der Waals surface area contributed by atoms with Crippen molar-refractivity contribution in [1.82, 2.24) is 10.3 Å². The highest BCUT2D eigenvalue weighted by molar-refractivity contribution is 6.36. The summed E-state index contributed by atoms with van der Waals surface area (Å²) in [5.74, 6) is -2.05. The average molecular weight is 428 g/mol. The van der Waals surface area contributed by atoms with Crippen molar-refractivity contribution in [2.24, 2.45) is 5.92 Å². The summed E-state index contributed by atoms with van der Waals surface area (Å²) < 4.78 is 10.0. The molecule has 28 heavy (non-hydrogen) atoms. The van der Waals surface area contributed by atoms with Gasteiger partial charge in [-0.25, -0.2) is 9.78 Å². The van der Waals surface area contributed by atoms with E-state index in [-0.39, 0.29) is 22.5 Å². The molecule has 0 bridgehead atoms. The molecule has 2 N–H and O–H groups in total. The number of nitrogens with one attached hydrogen (secondary N) is 2. The molecule has 0 fully saturated rings. The summed E-state index contributed by atoms with van der Waals surface area (Å²) >= 11 is 11.9. The van der Waals surface area contributed by atoms with Gasteiger partial charge in [0.05, 0.1) is 22.0 Å². The van der Waals surface area contributed by atoms with Gasteiger partial charge in [-0.3, -0.25) is 9.59 Å². The van der Waals surface area contributed by atoms with Crippen LogP contribution in [-0.2, 0) is 14.3 Å². The molecule has 0 unspecified atom stereocenters. The molecular formula is C18H19Cl2N3O5. The van der Waals surface area contributed by atoms with Crippen molar-refractivity contribution < 1.29 is 23.5 Å². The Morgan fingerprint density at radius 1 is 1.25 bits per heavy atom. The van der Waals surface area contributed by atoms with Crippen LogP contribution >= 0.6 is 23.2 Å². The first-order chi connectivity index (χ1) is 13.2. The zero-order valence-electron chi connectivity index (χ0n) is 15.4. The van der Waals surface area contributed by atoms with E-state index in [9.17, 15) is 14.4 Å². The second-order valence-corrected chi connectivity index (χ2v) is 7.03. The molecule has 0 saturated heterocycles. The molecule has 8 nitrogen and oxygen atoms in total. The summed E-state index contributed by atoms with van der Waals surface area (Å²) in [4.78, 5) is 40.5. The number of rotatable bonds is 7. The van der Waals surface area contributed by atoms with Crippen LogP contribution in [0.1, 0.15) is 30.1 Å². The molecule has 0 aliphatic rings. The molecule has 0 spiro atoms. The number of carbonyl (C=O) groups is 3. The van der Waals surface area contributed by atoms with Gasteiger partial charge in [-0.2, -0.15) is 0 Å². The van der Waals surface area contributed by atoms with Crippen LogP contribution in [0.3, 0.4) is 0 Å².